The molecule has 0 unspecified atom stereocenters. The number of ether oxygens (including phenoxy) is 2. The molecule has 0 aliphatic rings. The first kappa shape index (κ1) is 20.8. The molecule has 144 valence electrons. The van der Waals surface area contributed by atoms with Crippen molar-refractivity contribution in [1.29, 1.82) is 0 Å². The fourth-order valence-electron chi connectivity index (χ4n) is 2.24. The first-order valence-corrected chi connectivity index (χ1v) is 9.02. The van der Waals surface area contributed by atoms with Crippen LogP contribution >= 0.6 is 11.6 Å². The van der Waals surface area contributed by atoms with E-state index in [0.29, 0.717) is 17.3 Å². The van der Waals surface area contributed by atoms with Crippen molar-refractivity contribution < 1.29 is 19.1 Å². The lowest BCUT2D eigenvalue weighted by Gasteiger charge is -2.19. The van der Waals surface area contributed by atoms with Gasteiger partial charge in [0.05, 0.1) is 0 Å². The third-order valence-corrected chi connectivity index (χ3v) is 4.10. The monoisotopic (exact) mass is 389 g/mol. The summed E-state index contributed by atoms with van der Waals surface area (Å²) in [7, 11) is 0. The molecule has 0 radical (unpaired) electrons. The molecule has 0 saturated heterocycles. The summed E-state index contributed by atoms with van der Waals surface area (Å²) in [5.41, 5.74) is 2.13. The van der Waals surface area contributed by atoms with Gasteiger partial charge in [-0.25, -0.2) is 4.79 Å². The highest BCUT2D eigenvalue weighted by Crippen LogP contribution is 2.24. The van der Waals surface area contributed by atoms with Crippen molar-refractivity contribution in [2.75, 3.05) is 13.2 Å². The lowest BCUT2D eigenvalue weighted by atomic mass is 9.87. The fourth-order valence-corrected chi connectivity index (χ4v) is 2.36. The second kappa shape index (κ2) is 9.42. The average molecular weight is 390 g/mol. The highest BCUT2D eigenvalue weighted by molar-refractivity contribution is 6.30. The zero-order valence-corrected chi connectivity index (χ0v) is 16.5. The molecular weight excluding hydrogens is 366 g/mol. The average Bonchev–Trinajstić information content (AvgIpc) is 2.64. The van der Waals surface area contributed by atoms with Crippen LogP contribution in [0.5, 0.6) is 5.75 Å². The fraction of sp³-hybridized carbons (Fsp3) is 0.333. The molecule has 5 nitrogen and oxygen atoms in total. The predicted octanol–water partition coefficient (Wildman–Crippen LogP) is 3.88. The third-order valence-electron chi connectivity index (χ3n) is 3.84. The number of nitrogens with one attached hydrogen (secondary N) is 1. The first-order valence-electron chi connectivity index (χ1n) is 8.64. The lowest BCUT2D eigenvalue weighted by Crippen LogP contribution is -2.29. The van der Waals surface area contributed by atoms with Crippen LogP contribution in [-0.2, 0) is 26.3 Å². The van der Waals surface area contributed by atoms with E-state index in [1.807, 2.05) is 36.4 Å². The molecule has 0 saturated carbocycles. The van der Waals surface area contributed by atoms with Gasteiger partial charge in [-0.05, 0) is 40.8 Å². The second-order valence-corrected chi connectivity index (χ2v) is 7.56. The molecule has 2 aromatic rings. The van der Waals surface area contributed by atoms with Crippen LogP contribution in [0, 0.1) is 0 Å². The van der Waals surface area contributed by atoms with Crippen molar-refractivity contribution >= 4 is 23.5 Å². The minimum atomic E-state index is -0.600. The van der Waals surface area contributed by atoms with E-state index in [4.69, 9.17) is 21.1 Å². The van der Waals surface area contributed by atoms with Crippen molar-refractivity contribution in [3.63, 3.8) is 0 Å². The third kappa shape index (κ3) is 7.31. The quantitative estimate of drug-likeness (QED) is 0.730. The molecule has 2 rings (SSSR count). The van der Waals surface area contributed by atoms with Gasteiger partial charge in [0.25, 0.3) is 5.91 Å². The molecule has 2 aromatic carbocycles. The molecule has 0 aromatic heterocycles. The van der Waals surface area contributed by atoms with E-state index in [1.165, 1.54) is 5.56 Å². The normalized spacial score (nSPS) is 11.0. The summed E-state index contributed by atoms with van der Waals surface area (Å²) in [4.78, 5) is 23.5. The largest absolute Gasteiger partial charge is 0.482 e. The Bertz CT molecular complexity index is 764. The maximum absolute atomic E-state index is 11.7. The molecule has 0 fully saturated rings. The van der Waals surface area contributed by atoms with Crippen LogP contribution in [0.4, 0.5) is 0 Å². The number of carbonyl (C=O) groups is 2. The number of hydrogen-bond donors (Lipinski definition) is 1. The van der Waals surface area contributed by atoms with Crippen LogP contribution in [0.2, 0.25) is 5.02 Å². The summed E-state index contributed by atoms with van der Waals surface area (Å²) in [6.45, 7) is 6.11. The van der Waals surface area contributed by atoms with Gasteiger partial charge in [-0.15, -0.1) is 0 Å². The summed E-state index contributed by atoms with van der Waals surface area (Å²) >= 11 is 5.80. The molecule has 1 amide bonds. The highest BCUT2D eigenvalue weighted by atomic mass is 35.5. The molecule has 27 heavy (non-hydrogen) atoms. The van der Waals surface area contributed by atoms with Gasteiger partial charge in [0, 0.05) is 11.6 Å². The van der Waals surface area contributed by atoms with Crippen LogP contribution in [0.25, 0.3) is 0 Å². The van der Waals surface area contributed by atoms with Gasteiger partial charge in [-0.1, -0.05) is 56.6 Å². The molecular formula is C21H24ClNO4. The second-order valence-electron chi connectivity index (χ2n) is 7.13. The Kier molecular flexibility index (Phi) is 7.25. The Labute approximate surface area is 164 Å². The highest BCUT2D eigenvalue weighted by Gasteiger charge is 2.13. The van der Waals surface area contributed by atoms with E-state index in [2.05, 4.69) is 26.1 Å². The first-order chi connectivity index (χ1) is 12.7. The lowest BCUT2D eigenvalue weighted by molar-refractivity contribution is -0.150. The Morgan fingerprint density at radius 2 is 1.59 bits per heavy atom. The van der Waals surface area contributed by atoms with Gasteiger partial charge in [0.1, 0.15) is 5.75 Å². The summed E-state index contributed by atoms with van der Waals surface area (Å²) < 4.78 is 10.3. The smallest absolute Gasteiger partial charge is 0.344 e. The standard InChI is InChI=1S/C21H24ClNO4/c1-21(2,3)16-6-10-18(11-7-16)26-14-20(25)27-13-19(24)23-12-15-4-8-17(22)9-5-15/h4-11H,12-14H2,1-3H3,(H,23,24). The van der Waals surface area contributed by atoms with Crippen molar-refractivity contribution in [3.8, 4) is 5.75 Å². The van der Waals surface area contributed by atoms with Gasteiger partial charge in [-0.2, -0.15) is 0 Å². The van der Waals surface area contributed by atoms with Gasteiger partial charge in [0.15, 0.2) is 13.2 Å². The predicted molar refractivity (Wildman–Crippen MR) is 105 cm³/mol. The number of hydrogen-bond acceptors (Lipinski definition) is 4. The minimum absolute atomic E-state index is 0.0524. The summed E-state index contributed by atoms with van der Waals surface area (Å²) in [6.07, 6.45) is 0. The number of rotatable bonds is 7. The summed E-state index contributed by atoms with van der Waals surface area (Å²) in [5.74, 6) is -0.406. The molecule has 0 bridgehead atoms. The van der Waals surface area contributed by atoms with Crippen molar-refractivity contribution in [2.45, 2.75) is 32.7 Å². The molecule has 0 atom stereocenters. The van der Waals surface area contributed by atoms with Crippen molar-refractivity contribution in [1.82, 2.24) is 5.32 Å². The molecule has 0 spiro atoms. The van der Waals surface area contributed by atoms with Crippen LogP contribution in [0.3, 0.4) is 0 Å². The van der Waals surface area contributed by atoms with Crippen LogP contribution in [0.15, 0.2) is 48.5 Å². The Balaban J connectivity index is 1.68. The molecule has 0 aliphatic carbocycles. The Morgan fingerprint density at radius 1 is 0.963 bits per heavy atom. The molecule has 1 N–H and O–H groups in total. The number of esters is 1. The van der Waals surface area contributed by atoms with E-state index < -0.39 is 5.97 Å². The minimum Gasteiger partial charge on any atom is -0.482 e. The number of benzene rings is 2. The van der Waals surface area contributed by atoms with E-state index in [1.54, 1.807) is 12.1 Å². The SMILES string of the molecule is CC(C)(C)c1ccc(OCC(=O)OCC(=O)NCc2ccc(Cl)cc2)cc1. The van der Waals surface area contributed by atoms with Crippen LogP contribution in [0.1, 0.15) is 31.9 Å². The van der Waals surface area contributed by atoms with Gasteiger partial charge >= 0.3 is 5.97 Å². The molecule has 6 heteroatoms. The van der Waals surface area contributed by atoms with E-state index in [0.717, 1.165) is 5.56 Å². The van der Waals surface area contributed by atoms with Gasteiger partial charge in [-0.3, -0.25) is 4.79 Å². The number of halogens is 1. The van der Waals surface area contributed by atoms with E-state index in [-0.39, 0.29) is 24.5 Å². The van der Waals surface area contributed by atoms with Gasteiger partial charge in [0.2, 0.25) is 0 Å². The zero-order chi connectivity index (χ0) is 19.9. The van der Waals surface area contributed by atoms with E-state index >= 15 is 0 Å². The Morgan fingerprint density at radius 3 is 2.19 bits per heavy atom. The molecule has 0 heterocycles. The summed E-state index contributed by atoms with van der Waals surface area (Å²) in [5, 5.41) is 3.30. The number of amides is 1. The van der Waals surface area contributed by atoms with Gasteiger partial charge < -0.3 is 14.8 Å². The zero-order valence-electron chi connectivity index (χ0n) is 15.8. The summed E-state index contributed by atoms with van der Waals surface area (Å²) in [6, 6.07) is 14.7. The Hall–Kier alpha value is -2.53. The maximum atomic E-state index is 11.7. The van der Waals surface area contributed by atoms with Crippen LogP contribution < -0.4 is 10.1 Å². The maximum Gasteiger partial charge on any atom is 0.344 e. The topological polar surface area (TPSA) is 64.6 Å². The molecule has 0 aliphatic heterocycles. The van der Waals surface area contributed by atoms with Crippen molar-refractivity contribution in [2.24, 2.45) is 0 Å². The van der Waals surface area contributed by atoms with Crippen molar-refractivity contribution in [3.05, 3.63) is 64.7 Å². The van der Waals surface area contributed by atoms with Crippen LogP contribution in [-0.4, -0.2) is 25.1 Å². The number of carbonyl (C=O) groups excluding carboxylic acids is 2. The van der Waals surface area contributed by atoms with E-state index in [9.17, 15) is 9.59 Å².